The molecular formula is C16H25N3O3. The van der Waals surface area contributed by atoms with Crippen LogP contribution in [-0.2, 0) is 4.79 Å². The lowest BCUT2D eigenvalue weighted by Gasteiger charge is -2.19. The second-order valence-corrected chi connectivity index (χ2v) is 6.43. The Morgan fingerprint density at radius 3 is 2.50 bits per heavy atom. The topological polar surface area (TPSA) is 84.3 Å². The average Bonchev–Trinajstić information content (AvgIpc) is 2.41. The average molecular weight is 307 g/mol. The smallest absolute Gasteiger partial charge is 0.272 e. The first-order valence-corrected chi connectivity index (χ1v) is 7.40. The van der Waals surface area contributed by atoms with Crippen LogP contribution in [0.4, 0.5) is 5.69 Å². The lowest BCUT2D eigenvalue weighted by atomic mass is 9.96. The molecule has 0 spiro atoms. The summed E-state index contributed by atoms with van der Waals surface area (Å²) in [7, 11) is 0. The third-order valence-electron chi connectivity index (χ3n) is 3.55. The van der Waals surface area contributed by atoms with Gasteiger partial charge >= 0.3 is 0 Å². The van der Waals surface area contributed by atoms with Gasteiger partial charge in [0.15, 0.2) is 0 Å². The molecule has 0 aliphatic rings. The van der Waals surface area contributed by atoms with E-state index in [-0.39, 0.29) is 22.6 Å². The molecule has 122 valence electrons. The molecule has 1 aromatic carbocycles. The minimum atomic E-state index is -0.401. The summed E-state index contributed by atoms with van der Waals surface area (Å²) in [5.41, 5.74) is 1.30. The SMILES string of the molecule is Cc1c(C(C)NCCNC(=O)C(C)(C)C)cccc1[N+](=O)[O-]. The Bertz CT molecular complexity index is 550. The Kier molecular flexibility index (Phi) is 6.05. The van der Waals surface area contributed by atoms with Crippen molar-refractivity contribution in [3.05, 3.63) is 39.4 Å². The number of nitro benzene ring substituents is 1. The quantitative estimate of drug-likeness (QED) is 0.481. The molecular weight excluding hydrogens is 282 g/mol. The summed E-state index contributed by atoms with van der Waals surface area (Å²) < 4.78 is 0. The largest absolute Gasteiger partial charge is 0.354 e. The van der Waals surface area contributed by atoms with E-state index >= 15 is 0 Å². The lowest BCUT2D eigenvalue weighted by Crippen LogP contribution is -2.39. The van der Waals surface area contributed by atoms with Crippen molar-refractivity contribution in [1.29, 1.82) is 0 Å². The summed E-state index contributed by atoms with van der Waals surface area (Å²) in [4.78, 5) is 22.3. The van der Waals surface area contributed by atoms with Crippen LogP contribution in [0.15, 0.2) is 18.2 Å². The molecule has 0 saturated heterocycles. The van der Waals surface area contributed by atoms with Gasteiger partial charge in [-0.2, -0.15) is 0 Å². The fourth-order valence-electron chi connectivity index (χ4n) is 2.15. The molecule has 6 nitrogen and oxygen atoms in total. The van der Waals surface area contributed by atoms with Crippen molar-refractivity contribution in [2.45, 2.75) is 40.7 Å². The second-order valence-electron chi connectivity index (χ2n) is 6.43. The van der Waals surface area contributed by atoms with Gasteiger partial charge in [0, 0.05) is 36.2 Å². The summed E-state index contributed by atoms with van der Waals surface area (Å²) in [6.45, 7) is 10.4. The Morgan fingerprint density at radius 1 is 1.32 bits per heavy atom. The number of rotatable bonds is 6. The predicted molar refractivity (Wildman–Crippen MR) is 86.7 cm³/mol. The van der Waals surface area contributed by atoms with Crippen LogP contribution in [0.2, 0.25) is 0 Å². The first-order chi connectivity index (χ1) is 10.1. The predicted octanol–water partition coefficient (Wildman–Crippen LogP) is 2.72. The normalized spacial score (nSPS) is 12.8. The molecule has 1 rings (SSSR count). The van der Waals surface area contributed by atoms with Gasteiger partial charge in [0.2, 0.25) is 5.91 Å². The Morgan fingerprint density at radius 2 is 1.95 bits per heavy atom. The molecule has 1 unspecified atom stereocenters. The minimum Gasteiger partial charge on any atom is -0.354 e. The molecule has 0 saturated carbocycles. The lowest BCUT2D eigenvalue weighted by molar-refractivity contribution is -0.385. The van der Waals surface area contributed by atoms with Gasteiger partial charge in [-0.25, -0.2) is 0 Å². The van der Waals surface area contributed by atoms with Crippen LogP contribution in [0.25, 0.3) is 0 Å². The zero-order valence-corrected chi connectivity index (χ0v) is 13.9. The Balaban J connectivity index is 2.57. The maximum absolute atomic E-state index is 11.7. The van der Waals surface area contributed by atoms with Gasteiger partial charge in [-0.05, 0) is 19.4 Å². The van der Waals surface area contributed by atoms with Gasteiger partial charge in [-0.1, -0.05) is 32.9 Å². The summed E-state index contributed by atoms with van der Waals surface area (Å²) >= 11 is 0. The van der Waals surface area contributed by atoms with E-state index in [4.69, 9.17) is 0 Å². The number of nitrogens with zero attached hydrogens (tertiary/aromatic N) is 1. The first kappa shape index (κ1) is 18.1. The van der Waals surface area contributed by atoms with Gasteiger partial charge in [0.1, 0.15) is 0 Å². The monoisotopic (exact) mass is 307 g/mol. The van der Waals surface area contributed by atoms with Crippen molar-refractivity contribution in [2.24, 2.45) is 5.41 Å². The number of benzene rings is 1. The standard InChI is InChI=1S/C16H25N3O3/c1-11-13(7-6-8-14(11)19(21)22)12(2)17-9-10-18-15(20)16(3,4)5/h6-8,12,17H,9-10H2,1-5H3,(H,18,20). The maximum Gasteiger partial charge on any atom is 0.272 e. The molecule has 0 radical (unpaired) electrons. The zero-order chi connectivity index (χ0) is 16.9. The molecule has 0 aliphatic heterocycles. The molecule has 0 heterocycles. The molecule has 22 heavy (non-hydrogen) atoms. The third kappa shape index (κ3) is 4.80. The molecule has 0 fully saturated rings. The van der Waals surface area contributed by atoms with E-state index in [1.165, 1.54) is 6.07 Å². The molecule has 1 aromatic rings. The fourth-order valence-corrected chi connectivity index (χ4v) is 2.15. The van der Waals surface area contributed by atoms with Gasteiger partial charge in [0.25, 0.3) is 5.69 Å². The highest BCUT2D eigenvalue weighted by molar-refractivity contribution is 5.81. The van der Waals surface area contributed by atoms with Crippen molar-refractivity contribution < 1.29 is 9.72 Å². The van der Waals surface area contributed by atoms with Crippen molar-refractivity contribution in [3.63, 3.8) is 0 Å². The van der Waals surface area contributed by atoms with E-state index in [0.29, 0.717) is 18.7 Å². The summed E-state index contributed by atoms with van der Waals surface area (Å²) in [5, 5.41) is 17.1. The van der Waals surface area contributed by atoms with Crippen LogP contribution in [0.1, 0.15) is 44.9 Å². The van der Waals surface area contributed by atoms with Crippen LogP contribution in [0.3, 0.4) is 0 Å². The van der Waals surface area contributed by atoms with Crippen LogP contribution in [-0.4, -0.2) is 23.9 Å². The fraction of sp³-hybridized carbons (Fsp3) is 0.562. The van der Waals surface area contributed by atoms with E-state index in [1.54, 1.807) is 13.0 Å². The highest BCUT2D eigenvalue weighted by Crippen LogP contribution is 2.25. The van der Waals surface area contributed by atoms with Crippen molar-refractivity contribution >= 4 is 11.6 Å². The summed E-state index contributed by atoms with van der Waals surface area (Å²) in [6, 6.07) is 5.06. The highest BCUT2D eigenvalue weighted by atomic mass is 16.6. The van der Waals surface area contributed by atoms with E-state index in [2.05, 4.69) is 10.6 Å². The molecule has 1 amide bonds. The molecule has 1 atom stereocenters. The number of amides is 1. The van der Waals surface area contributed by atoms with E-state index in [1.807, 2.05) is 33.8 Å². The number of hydrogen-bond acceptors (Lipinski definition) is 4. The van der Waals surface area contributed by atoms with Crippen LogP contribution in [0, 0.1) is 22.5 Å². The maximum atomic E-state index is 11.7. The zero-order valence-electron chi connectivity index (χ0n) is 13.9. The Labute approximate surface area is 131 Å². The highest BCUT2D eigenvalue weighted by Gasteiger charge is 2.20. The van der Waals surface area contributed by atoms with E-state index in [9.17, 15) is 14.9 Å². The van der Waals surface area contributed by atoms with Gasteiger partial charge in [0.05, 0.1) is 4.92 Å². The van der Waals surface area contributed by atoms with Crippen LogP contribution < -0.4 is 10.6 Å². The molecule has 0 aliphatic carbocycles. The van der Waals surface area contributed by atoms with Crippen molar-refractivity contribution in [3.8, 4) is 0 Å². The van der Waals surface area contributed by atoms with Gasteiger partial charge in [-0.15, -0.1) is 0 Å². The van der Waals surface area contributed by atoms with Crippen LogP contribution in [0.5, 0.6) is 0 Å². The summed E-state index contributed by atoms with van der Waals surface area (Å²) in [5.74, 6) is 0.00785. The number of hydrogen-bond donors (Lipinski definition) is 2. The van der Waals surface area contributed by atoms with Crippen molar-refractivity contribution in [1.82, 2.24) is 10.6 Å². The number of nitrogens with one attached hydrogen (secondary N) is 2. The van der Waals surface area contributed by atoms with Gasteiger partial charge < -0.3 is 10.6 Å². The molecule has 0 aromatic heterocycles. The summed E-state index contributed by atoms with van der Waals surface area (Å²) in [6.07, 6.45) is 0. The molecule has 2 N–H and O–H groups in total. The number of nitro groups is 1. The second kappa shape index (κ2) is 7.35. The molecule has 0 bridgehead atoms. The minimum absolute atomic E-state index is 0.00785. The van der Waals surface area contributed by atoms with Crippen LogP contribution >= 0.6 is 0 Å². The van der Waals surface area contributed by atoms with Crippen molar-refractivity contribution in [2.75, 3.05) is 13.1 Å². The van der Waals surface area contributed by atoms with Gasteiger partial charge in [-0.3, -0.25) is 14.9 Å². The first-order valence-electron chi connectivity index (χ1n) is 7.40. The van der Waals surface area contributed by atoms with E-state index < -0.39 is 5.41 Å². The third-order valence-corrected chi connectivity index (χ3v) is 3.55. The number of carbonyl (C=O) groups is 1. The van der Waals surface area contributed by atoms with E-state index in [0.717, 1.165) is 5.56 Å². The molecule has 6 heteroatoms. The Hall–Kier alpha value is -1.95. The number of carbonyl (C=O) groups excluding carboxylic acids is 1.